The van der Waals surface area contributed by atoms with Crippen LogP contribution in [0.15, 0.2) is 30.3 Å². The third-order valence-electron chi connectivity index (χ3n) is 29.0. The molecule has 0 saturated carbocycles. The van der Waals surface area contributed by atoms with Crippen molar-refractivity contribution in [1.82, 2.24) is 9.97 Å². The van der Waals surface area contributed by atoms with Crippen molar-refractivity contribution in [3.63, 3.8) is 0 Å². The van der Waals surface area contributed by atoms with Gasteiger partial charge in [-0.3, -0.25) is 4.79 Å². The number of carbonyl (C=O) groups excluding carboxylic acids is 1. The molecule has 0 aliphatic carbocycles. The lowest BCUT2D eigenvalue weighted by Gasteiger charge is -2.19. The molecule has 0 amide bonds. The maximum atomic E-state index is 15.3. The van der Waals surface area contributed by atoms with Crippen LogP contribution in [-0.4, -0.2) is 62.9 Å². The second kappa shape index (κ2) is 88.8. The molecule has 0 aliphatic heterocycles. The smallest absolute Gasteiger partial charge is 0.503 e. The number of aryl methyl sites for hydroxylation is 2. The summed E-state index contributed by atoms with van der Waals surface area (Å²) in [4.78, 5) is 22.3. The Morgan fingerprint density at radius 3 is 0.588 bits per heavy atom. The first kappa shape index (κ1) is 123. The van der Waals surface area contributed by atoms with Gasteiger partial charge in [-0.2, -0.15) is 0 Å². The van der Waals surface area contributed by atoms with Crippen LogP contribution >= 0.6 is 0 Å². The number of halogens is 2. The quantitative estimate of drug-likeness (QED) is 0.0148. The third-order valence-corrected chi connectivity index (χ3v) is 29.0. The Hall–Kier alpha value is -5.07. The van der Waals surface area contributed by atoms with E-state index in [0.717, 1.165) is 111 Å². The van der Waals surface area contributed by atoms with Gasteiger partial charge in [0.05, 0.1) is 51.0 Å². The Kier molecular flexibility index (Phi) is 80.5. The van der Waals surface area contributed by atoms with Crippen molar-refractivity contribution in [2.24, 2.45) is 0 Å². The molecule has 0 aliphatic rings. The van der Waals surface area contributed by atoms with Crippen molar-refractivity contribution in [3.8, 4) is 56.8 Å². The van der Waals surface area contributed by atoms with Crippen molar-refractivity contribution >= 4 is 19.0 Å². The minimum absolute atomic E-state index is 0.240. The summed E-state index contributed by atoms with van der Waals surface area (Å²) in [7, 11) is -3.21. The molecule has 2 aromatic carbocycles. The minimum Gasteiger partial charge on any atom is -0.503 e. The Balaban J connectivity index is 1.72. The van der Waals surface area contributed by atoms with E-state index in [4.69, 9.17) is 33.1 Å². The second-order valence-corrected chi connectivity index (χ2v) is 41.8. The monoisotopic (exact) mass is 1900 g/mol. The first-order chi connectivity index (χ1) is 66.9. The summed E-state index contributed by atoms with van der Waals surface area (Å²) < 4.78 is 77.7. The number of ether oxygens (including phenoxy) is 6. The van der Waals surface area contributed by atoms with Crippen molar-refractivity contribution in [2.75, 3.05) is 39.6 Å². The molecule has 13 heteroatoms. The predicted molar refractivity (Wildman–Crippen MR) is 588 cm³/mol. The fourth-order valence-electron chi connectivity index (χ4n) is 20.3. The number of aromatic amines is 2. The topological polar surface area (TPSA) is 113 Å². The van der Waals surface area contributed by atoms with Gasteiger partial charge in [0.1, 0.15) is 5.76 Å². The van der Waals surface area contributed by atoms with E-state index < -0.39 is 13.3 Å². The zero-order chi connectivity index (χ0) is 97.5. The second-order valence-electron chi connectivity index (χ2n) is 41.8. The van der Waals surface area contributed by atoms with Crippen LogP contribution in [0.2, 0.25) is 0 Å². The highest BCUT2D eigenvalue weighted by molar-refractivity contribution is 6.36. The normalized spacial score (nSPS) is 11.8. The zero-order valence-electron chi connectivity index (χ0n) is 91.1. The molecule has 4 aromatic rings. The molecule has 0 unspecified atom stereocenters. The number of ketones is 1. The summed E-state index contributed by atoms with van der Waals surface area (Å²) >= 11 is 0. The number of hydrogen-bond acceptors (Lipinski definition) is 8. The fourth-order valence-corrected chi connectivity index (χ4v) is 20.3. The molecular weight excluding hydrogens is 1680 g/mol. The standard InChI is InChI=1S/C123H217BF2N2O8/c1-11-17-23-29-35-41-47-53-59-65-71-77-83-89-95-130-114-101-110(102-115(131-96-90-84-78-72-66-60-54-48-42-36-30-24-18-12-2)122(114)134-99-93-87-81-75-69-63-57-51-45-39-33-27-21-15-5)118-106(7)120(127-108(118)9)112(129)105-113(136-124(125)126)121-107(8)119(109(10)128-121)111-103-116(132-97-91-85-79-73-67-61-55-49-43-37-31-25-19-13-3)123(135-100-94-88-82-76-70-64-58-52-46-40-34-28-22-16-6)117(104-111)133-98-92-86-80-74-68-62-56-50-44-38-32-26-20-14-4/h101-105,127-128H,11-100H2,1-10H3/b113-105-. The highest BCUT2D eigenvalue weighted by Gasteiger charge is 2.30. The number of hydrogen-bond donors (Lipinski definition) is 2. The van der Waals surface area contributed by atoms with E-state index >= 15 is 13.4 Å². The summed E-state index contributed by atoms with van der Waals surface area (Å²) in [5.41, 5.74) is 6.75. The molecule has 0 spiro atoms. The predicted octanol–water partition coefficient (Wildman–Crippen LogP) is 42.2. The van der Waals surface area contributed by atoms with Crippen LogP contribution in [0.5, 0.6) is 34.5 Å². The van der Waals surface area contributed by atoms with E-state index in [0.29, 0.717) is 96.7 Å². The van der Waals surface area contributed by atoms with E-state index in [9.17, 15) is 0 Å². The maximum Gasteiger partial charge on any atom is 0.796 e. The molecule has 0 bridgehead atoms. The Bertz CT molecular complexity index is 3300. The molecule has 2 aromatic heterocycles. The van der Waals surface area contributed by atoms with Gasteiger partial charge in [0.15, 0.2) is 23.0 Å². The molecule has 10 nitrogen and oxygen atoms in total. The average molecular weight is 1900 g/mol. The number of rotatable bonds is 103. The van der Waals surface area contributed by atoms with Crippen LogP contribution in [0.4, 0.5) is 8.63 Å². The molecule has 0 radical (unpaired) electrons. The molecular formula is C123H217BF2N2O8. The molecule has 0 fully saturated rings. The summed E-state index contributed by atoms with van der Waals surface area (Å²) in [6, 6.07) is 8.31. The largest absolute Gasteiger partial charge is 0.796 e. The first-order valence-electron chi connectivity index (χ1n) is 59.7. The highest BCUT2D eigenvalue weighted by Crippen LogP contribution is 2.47. The lowest BCUT2D eigenvalue weighted by molar-refractivity contribution is 0.104. The lowest BCUT2D eigenvalue weighted by atomic mass is 9.98. The Morgan fingerprint density at radius 1 is 0.243 bits per heavy atom. The van der Waals surface area contributed by atoms with E-state index in [-0.39, 0.29) is 5.76 Å². The SMILES string of the molecule is CCCCCCCCCCCCCCCCOc1cc(-c2c(C)[nH]c(C(=O)/C=C(\OB(F)F)c3[nH]c(C)c(-c4cc(OCCCCCCCCCCCCCCCC)c(OCCCCCCCCCCCCCCCC)c(OCCCCCCCCCCCCCCCC)c4)c3C)c2C)cc(OCCCCCCCCCCCCCCCC)c1OCCCCCCCCCCCCCCCC. The van der Waals surface area contributed by atoms with Crippen LogP contribution in [0.25, 0.3) is 28.0 Å². The highest BCUT2D eigenvalue weighted by atomic mass is 19.2. The van der Waals surface area contributed by atoms with E-state index in [1.165, 1.54) is 468 Å². The summed E-state index contributed by atoms with van der Waals surface area (Å²) in [5.74, 6) is 3.13. The third kappa shape index (κ3) is 61.7. The van der Waals surface area contributed by atoms with Crippen molar-refractivity contribution in [3.05, 3.63) is 64.2 Å². The number of nitrogens with one attached hydrogen (secondary N) is 2. The summed E-state index contributed by atoms with van der Waals surface area (Å²) in [5, 5.41) is 0. The van der Waals surface area contributed by atoms with E-state index in [2.05, 4.69) is 75.8 Å². The van der Waals surface area contributed by atoms with Gasteiger partial charge in [0.25, 0.3) is 0 Å². The van der Waals surface area contributed by atoms with Gasteiger partial charge in [-0.25, -0.2) is 8.63 Å². The molecule has 136 heavy (non-hydrogen) atoms. The number of aromatic nitrogens is 2. The molecule has 0 atom stereocenters. The van der Waals surface area contributed by atoms with Gasteiger partial charge in [-0.1, -0.05) is 542 Å². The van der Waals surface area contributed by atoms with Crippen LogP contribution in [0, 0.1) is 27.7 Å². The molecule has 0 saturated heterocycles. The number of allylic oxidation sites excluding steroid dienone is 1. The fraction of sp³-hybridized carbons (Fsp3) is 0.813. The van der Waals surface area contributed by atoms with Crippen LogP contribution in [-0.2, 0) is 4.65 Å². The van der Waals surface area contributed by atoms with E-state index in [1.807, 2.05) is 27.7 Å². The Morgan fingerprint density at radius 2 is 0.404 bits per heavy atom. The molecule has 784 valence electrons. The average Bonchev–Trinajstić information content (AvgIpc) is 1.61. The van der Waals surface area contributed by atoms with Gasteiger partial charge >= 0.3 is 7.47 Å². The van der Waals surface area contributed by atoms with Crippen molar-refractivity contribution in [2.45, 2.75) is 609 Å². The van der Waals surface area contributed by atoms with Gasteiger partial charge < -0.3 is 43.0 Å². The Labute approximate surface area is 839 Å². The van der Waals surface area contributed by atoms with Crippen LogP contribution in [0.1, 0.15) is 620 Å². The number of H-pyrrole nitrogens is 2. The van der Waals surface area contributed by atoms with Crippen molar-refractivity contribution in [1.29, 1.82) is 0 Å². The summed E-state index contributed by atoms with van der Waals surface area (Å²) in [6.45, 7) is 24.9. The first-order valence-corrected chi connectivity index (χ1v) is 59.7. The van der Waals surface area contributed by atoms with Gasteiger partial charge in [-0.15, -0.1) is 0 Å². The molecule has 2 heterocycles. The number of unbranched alkanes of at least 4 members (excludes halogenated alkanes) is 78. The number of carbonyl (C=O) groups is 1. The van der Waals surface area contributed by atoms with Gasteiger partial charge in [-0.05, 0) is 113 Å². The van der Waals surface area contributed by atoms with Crippen molar-refractivity contribution < 1.29 is 46.5 Å². The molecule has 2 N–H and O–H groups in total. The summed E-state index contributed by atoms with van der Waals surface area (Å²) in [6.07, 6.45) is 109. The lowest BCUT2D eigenvalue weighted by Crippen LogP contribution is -2.08. The molecule has 4 rings (SSSR count). The van der Waals surface area contributed by atoms with Gasteiger partial charge in [0.2, 0.25) is 17.3 Å². The zero-order valence-corrected chi connectivity index (χ0v) is 91.1. The van der Waals surface area contributed by atoms with E-state index in [1.54, 1.807) is 0 Å². The minimum atomic E-state index is -3.21. The number of benzene rings is 2. The maximum absolute atomic E-state index is 15.3. The van der Waals surface area contributed by atoms with Gasteiger partial charge in [0, 0.05) is 28.6 Å². The van der Waals surface area contributed by atoms with Crippen LogP contribution < -0.4 is 28.4 Å². The van der Waals surface area contributed by atoms with Crippen LogP contribution in [0.3, 0.4) is 0 Å².